The zero-order valence-electron chi connectivity index (χ0n) is 18.1. The predicted octanol–water partition coefficient (Wildman–Crippen LogP) is 5.52. The van der Waals surface area contributed by atoms with Crippen LogP contribution >= 0.6 is 11.8 Å². The maximum atomic E-state index is 12.1. The van der Waals surface area contributed by atoms with Gasteiger partial charge in [-0.1, -0.05) is 49.4 Å². The van der Waals surface area contributed by atoms with Gasteiger partial charge < -0.3 is 14.1 Å². The lowest BCUT2D eigenvalue weighted by molar-refractivity contribution is 0.252. The number of nitrogens with zero attached hydrogens (tertiary/aromatic N) is 2. The molecule has 0 aliphatic heterocycles. The highest BCUT2D eigenvalue weighted by atomic mass is 32.2. The maximum Gasteiger partial charge on any atom is 0.277 e. The first-order chi connectivity index (χ1) is 14.9. The van der Waals surface area contributed by atoms with Crippen molar-refractivity contribution in [1.29, 1.82) is 0 Å². The van der Waals surface area contributed by atoms with E-state index in [1.54, 1.807) is 6.07 Å². The van der Waals surface area contributed by atoms with E-state index in [9.17, 15) is 4.79 Å². The Hall–Kier alpha value is -3.06. The number of hydrogen-bond acceptors (Lipinski definition) is 6. The Bertz CT molecular complexity index is 1260. The van der Waals surface area contributed by atoms with Gasteiger partial charge >= 0.3 is 0 Å². The van der Waals surface area contributed by atoms with Gasteiger partial charge in [0.25, 0.3) is 11.1 Å². The second-order valence-electron chi connectivity index (χ2n) is 7.93. The fourth-order valence-corrected chi connectivity index (χ4v) is 4.26. The van der Waals surface area contributed by atoms with Crippen molar-refractivity contribution in [3.8, 4) is 5.75 Å². The highest BCUT2D eigenvalue weighted by Gasteiger charge is 2.11. The summed E-state index contributed by atoms with van der Waals surface area (Å²) in [4.78, 5) is 15.0. The van der Waals surface area contributed by atoms with Crippen LogP contribution in [0.5, 0.6) is 5.75 Å². The van der Waals surface area contributed by atoms with Gasteiger partial charge in [0.05, 0.1) is 5.52 Å². The summed E-state index contributed by atoms with van der Waals surface area (Å²) < 4.78 is 11.5. The molecule has 160 valence electrons. The van der Waals surface area contributed by atoms with Gasteiger partial charge in [-0.05, 0) is 54.7 Å². The molecular formula is C24H25N3O3S. The van der Waals surface area contributed by atoms with Crippen molar-refractivity contribution in [3.05, 3.63) is 81.0 Å². The second-order valence-corrected chi connectivity index (χ2v) is 8.85. The largest absolute Gasteiger partial charge is 0.484 e. The Morgan fingerprint density at radius 3 is 2.61 bits per heavy atom. The van der Waals surface area contributed by atoms with Gasteiger partial charge in [0.1, 0.15) is 5.75 Å². The van der Waals surface area contributed by atoms with Gasteiger partial charge in [0.2, 0.25) is 5.56 Å². The van der Waals surface area contributed by atoms with Crippen LogP contribution in [0.4, 0.5) is 0 Å². The Balaban J connectivity index is 1.42. The van der Waals surface area contributed by atoms with Crippen LogP contribution in [0, 0.1) is 13.8 Å². The van der Waals surface area contributed by atoms with E-state index >= 15 is 0 Å². The Kier molecular flexibility index (Phi) is 6.13. The van der Waals surface area contributed by atoms with Gasteiger partial charge in [-0.3, -0.25) is 4.79 Å². The Morgan fingerprint density at radius 2 is 1.87 bits per heavy atom. The third-order valence-corrected chi connectivity index (χ3v) is 5.96. The summed E-state index contributed by atoms with van der Waals surface area (Å²) >= 11 is 1.41. The molecule has 6 nitrogen and oxygen atoms in total. The number of rotatable bonds is 7. The molecular weight excluding hydrogens is 410 g/mol. The number of H-pyrrole nitrogens is 1. The van der Waals surface area contributed by atoms with Gasteiger partial charge in [0.15, 0.2) is 6.61 Å². The topological polar surface area (TPSA) is 81.0 Å². The van der Waals surface area contributed by atoms with Crippen LogP contribution in [0.3, 0.4) is 0 Å². The molecule has 0 fully saturated rings. The average Bonchev–Trinajstić information content (AvgIpc) is 3.19. The van der Waals surface area contributed by atoms with Crippen molar-refractivity contribution in [2.24, 2.45) is 0 Å². The van der Waals surface area contributed by atoms with Crippen molar-refractivity contribution in [1.82, 2.24) is 15.2 Å². The van der Waals surface area contributed by atoms with Crippen molar-refractivity contribution in [2.75, 3.05) is 0 Å². The molecule has 7 heteroatoms. The molecule has 0 bridgehead atoms. The summed E-state index contributed by atoms with van der Waals surface area (Å²) in [5.41, 5.74) is 5.17. The van der Waals surface area contributed by atoms with Crippen LogP contribution in [0.25, 0.3) is 10.9 Å². The van der Waals surface area contributed by atoms with Crippen LogP contribution in [0.1, 0.15) is 47.9 Å². The number of fused-ring (bicyclic) bond motifs is 1. The van der Waals surface area contributed by atoms with Crippen LogP contribution < -0.4 is 10.3 Å². The molecule has 2 aromatic heterocycles. The normalized spacial score (nSPS) is 11.4. The summed E-state index contributed by atoms with van der Waals surface area (Å²) in [5, 5.41) is 9.66. The van der Waals surface area contributed by atoms with Crippen LogP contribution in [0.15, 0.2) is 56.9 Å². The molecule has 4 aromatic rings. The summed E-state index contributed by atoms with van der Waals surface area (Å²) in [6.07, 6.45) is 0. The minimum absolute atomic E-state index is 0.113. The van der Waals surface area contributed by atoms with Crippen molar-refractivity contribution in [2.45, 2.75) is 51.2 Å². The number of aryl methyl sites for hydroxylation is 2. The molecule has 0 saturated carbocycles. The van der Waals surface area contributed by atoms with E-state index in [1.807, 2.05) is 19.1 Å². The molecule has 4 rings (SSSR count). The smallest absolute Gasteiger partial charge is 0.277 e. The number of thioether (sulfide) groups is 1. The van der Waals surface area contributed by atoms with E-state index < -0.39 is 0 Å². The number of ether oxygens (including phenoxy) is 1. The molecule has 0 aliphatic rings. The highest BCUT2D eigenvalue weighted by molar-refractivity contribution is 7.98. The van der Waals surface area contributed by atoms with Crippen LogP contribution in [-0.2, 0) is 12.4 Å². The quantitative estimate of drug-likeness (QED) is 0.385. The first-order valence-corrected chi connectivity index (χ1v) is 11.2. The summed E-state index contributed by atoms with van der Waals surface area (Å²) in [5.74, 6) is 2.22. The number of aromatic amines is 1. The maximum absolute atomic E-state index is 12.1. The zero-order valence-corrected chi connectivity index (χ0v) is 18.9. The summed E-state index contributed by atoms with van der Waals surface area (Å²) in [6, 6.07) is 13.8. The molecule has 1 N–H and O–H groups in total. The third-order valence-electron chi connectivity index (χ3n) is 5.09. The van der Waals surface area contributed by atoms with E-state index in [0.29, 0.717) is 22.8 Å². The lowest BCUT2D eigenvalue weighted by atomic mass is 10.0. The minimum atomic E-state index is -0.113. The molecule has 0 saturated heterocycles. The Labute approximate surface area is 185 Å². The van der Waals surface area contributed by atoms with Crippen molar-refractivity contribution in [3.63, 3.8) is 0 Å². The molecule has 0 amide bonds. The molecule has 2 aromatic carbocycles. The van der Waals surface area contributed by atoms with Gasteiger partial charge in [-0.2, -0.15) is 0 Å². The van der Waals surface area contributed by atoms with E-state index in [2.05, 4.69) is 60.2 Å². The number of aromatic nitrogens is 3. The van der Waals surface area contributed by atoms with E-state index in [4.69, 9.17) is 9.15 Å². The van der Waals surface area contributed by atoms with E-state index in [-0.39, 0.29) is 12.2 Å². The fraction of sp³-hybridized carbons (Fsp3) is 0.292. The monoisotopic (exact) mass is 435 g/mol. The van der Waals surface area contributed by atoms with Crippen molar-refractivity contribution < 1.29 is 9.15 Å². The number of pyridine rings is 1. The second kappa shape index (κ2) is 8.98. The molecule has 0 atom stereocenters. The van der Waals surface area contributed by atoms with E-state index in [1.165, 1.54) is 17.3 Å². The number of nitrogens with one attached hydrogen (secondary N) is 1. The average molecular weight is 436 g/mol. The van der Waals surface area contributed by atoms with Gasteiger partial charge in [-0.25, -0.2) is 0 Å². The third kappa shape index (κ3) is 4.99. The lowest BCUT2D eigenvalue weighted by Gasteiger charge is -2.08. The Morgan fingerprint density at radius 1 is 1.10 bits per heavy atom. The first-order valence-electron chi connectivity index (χ1n) is 10.2. The molecule has 0 spiro atoms. The fourth-order valence-electron chi connectivity index (χ4n) is 3.49. The molecule has 2 heterocycles. The SMILES string of the molecule is Cc1cc(C)c2[nH]c(=O)cc(CSc3nnc(COc4ccc(C(C)C)cc4)o3)c2c1. The molecule has 0 radical (unpaired) electrons. The first kappa shape index (κ1) is 21.2. The van der Waals surface area contributed by atoms with Gasteiger partial charge in [0, 0.05) is 17.2 Å². The summed E-state index contributed by atoms with van der Waals surface area (Å²) in [7, 11) is 0. The lowest BCUT2D eigenvalue weighted by Crippen LogP contribution is -2.07. The van der Waals surface area contributed by atoms with Gasteiger partial charge in [-0.15, -0.1) is 10.2 Å². The molecule has 31 heavy (non-hydrogen) atoms. The standard InChI is InChI=1S/C24H25N3O3S/c1-14(2)17-5-7-19(8-6-17)29-12-22-26-27-24(30-22)31-13-18-11-21(28)25-23-16(4)9-15(3)10-20(18)23/h5-11,14H,12-13H2,1-4H3,(H,25,28). The minimum Gasteiger partial charge on any atom is -0.484 e. The van der Waals surface area contributed by atoms with E-state index in [0.717, 1.165) is 33.3 Å². The van der Waals surface area contributed by atoms with Crippen LogP contribution in [0.2, 0.25) is 0 Å². The summed E-state index contributed by atoms with van der Waals surface area (Å²) in [6.45, 7) is 8.58. The number of hydrogen-bond donors (Lipinski definition) is 1. The zero-order chi connectivity index (χ0) is 22.0. The predicted molar refractivity (Wildman–Crippen MR) is 123 cm³/mol. The van der Waals surface area contributed by atoms with Crippen LogP contribution in [-0.4, -0.2) is 15.2 Å². The highest BCUT2D eigenvalue weighted by Crippen LogP contribution is 2.27. The molecule has 0 aliphatic carbocycles. The van der Waals surface area contributed by atoms with Crippen molar-refractivity contribution >= 4 is 22.7 Å². The molecule has 0 unspecified atom stereocenters. The number of benzene rings is 2.